The summed E-state index contributed by atoms with van der Waals surface area (Å²) in [5.74, 6) is 0.484. The first kappa shape index (κ1) is 15.0. The zero-order chi connectivity index (χ0) is 14.7. The van der Waals surface area contributed by atoms with Crippen LogP contribution in [0.15, 0.2) is 29.6 Å². The maximum absolute atomic E-state index is 5.83. The number of nitrogens with zero attached hydrogens (tertiary/aromatic N) is 3. The molecular formula is C16H20ClN3S. The molecule has 1 aliphatic rings. The zero-order valence-corrected chi connectivity index (χ0v) is 13.8. The van der Waals surface area contributed by atoms with Crippen molar-refractivity contribution in [1.29, 1.82) is 0 Å². The molecule has 0 bridgehead atoms. The van der Waals surface area contributed by atoms with Crippen LogP contribution in [0, 0.1) is 0 Å². The van der Waals surface area contributed by atoms with Gasteiger partial charge in [-0.15, -0.1) is 22.9 Å². The minimum atomic E-state index is 0.484. The minimum absolute atomic E-state index is 0.484. The highest BCUT2D eigenvalue weighted by atomic mass is 35.5. The maximum atomic E-state index is 5.83. The van der Waals surface area contributed by atoms with Crippen LogP contribution in [0.3, 0.4) is 0 Å². The number of rotatable bonds is 4. The molecule has 0 N–H and O–H groups in total. The van der Waals surface area contributed by atoms with Crippen molar-refractivity contribution >= 4 is 22.9 Å². The van der Waals surface area contributed by atoms with Crippen molar-refractivity contribution in [2.24, 2.45) is 0 Å². The zero-order valence-electron chi connectivity index (χ0n) is 12.3. The Morgan fingerprint density at radius 1 is 1.24 bits per heavy atom. The molecule has 2 aromatic rings. The maximum Gasteiger partial charge on any atom is 0.123 e. The number of alkyl halides is 1. The Balaban J connectivity index is 1.71. The molecule has 1 aromatic heterocycles. The smallest absolute Gasteiger partial charge is 0.123 e. The average molecular weight is 322 g/mol. The summed E-state index contributed by atoms with van der Waals surface area (Å²) in [6.07, 6.45) is 0. The van der Waals surface area contributed by atoms with E-state index in [0.29, 0.717) is 5.88 Å². The number of benzene rings is 1. The lowest BCUT2D eigenvalue weighted by Crippen LogP contribution is -2.43. The van der Waals surface area contributed by atoms with Gasteiger partial charge in [0.05, 0.1) is 11.6 Å². The first-order valence-corrected chi connectivity index (χ1v) is 8.66. The molecule has 21 heavy (non-hydrogen) atoms. The molecule has 3 nitrogen and oxygen atoms in total. The van der Waals surface area contributed by atoms with Crippen LogP contribution >= 0.6 is 22.9 Å². The van der Waals surface area contributed by atoms with E-state index in [2.05, 4.69) is 46.1 Å². The van der Waals surface area contributed by atoms with Crippen molar-refractivity contribution in [1.82, 2.24) is 14.8 Å². The van der Waals surface area contributed by atoms with Crippen molar-refractivity contribution in [3.8, 4) is 10.6 Å². The molecule has 0 unspecified atom stereocenters. The molecule has 5 heteroatoms. The number of likely N-dealkylation sites (N-methyl/N-ethyl adjacent to an activating group) is 1. The largest absolute Gasteiger partial charge is 0.304 e. The molecule has 0 aliphatic carbocycles. The van der Waals surface area contributed by atoms with E-state index in [0.717, 1.165) is 43.4 Å². The van der Waals surface area contributed by atoms with E-state index in [9.17, 15) is 0 Å². The van der Waals surface area contributed by atoms with Gasteiger partial charge in [-0.3, -0.25) is 4.90 Å². The number of aromatic nitrogens is 1. The third-order valence-electron chi connectivity index (χ3n) is 3.86. The van der Waals surface area contributed by atoms with Gasteiger partial charge in [-0.2, -0.15) is 0 Å². The molecule has 1 aromatic carbocycles. The van der Waals surface area contributed by atoms with Gasteiger partial charge < -0.3 is 4.90 Å². The molecule has 0 saturated carbocycles. The summed E-state index contributed by atoms with van der Waals surface area (Å²) in [7, 11) is 2.19. The highest BCUT2D eigenvalue weighted by molar-refractivity contribution is 7.13. The fourth-order valence-corrected chi connectivity index (χ4v) is 3.61. The summed E-state index contributed by atoms with van der Waals surface area (Å²) in [5, 5.41) is 3.10. The van der Waals surface area contributed by atoms with Crippen LogP contribution in [0.2, 0.25) is 0 Å². The molecule has 3 rings (SSSR count). The summed E-state index contributed by atoms with van der Waals surface area (Å²) >= 11 is 7.50. The third kappa shape index (κ3) is 3.83. The Morgan fingerprint density at radius 3 is 2.76 bits per heavy atom. The Bertz CT molecular complexity index is 591. The van der Waals surface area contributed by atoms with Crippen molar-refractivity contribution in [3.05, 3.63) is 40.9 Å². The monoisotopic (exact) mass is 321 g/mol. The van der Waals surface area contributed by atoms with Crippen LogP contribution in [-0.4, -0.2) is 48.0 Å². The van der Waals surface area contributed by atoms with E-state index >= 15 is 0 Å². The van der Waals surface area contributed by atoms with E-state index in [1.54, 1.807) is 11.3 Å². The van der Waals surface area contributed by atoms with Gasteiger partial charge in [0.2, 0.25) is 0 Å². The second-order valence-corrected chi connectivity index (χ2v) is 6.68. The molecule has 1 saturated heterocycles. The molecule has 0 amide bonds. The van der Waals surface area contributed by atoms with Gasteiger partial charge in [-0.05, 0) is 18.7 Å². The van der Waals surface area contributed by atoms with Crippen LogP contribution in [0.4, 0.5) is 0 Å². The number of piperazine rings is 1. The molecular weight excluding hydrogens is 302 g/mol. The SMILES string of the molecule is CN1CCN(Cc2cccc(-c3nc(CCl)cs3)c2)CC1. The Kier molecular flexibility index (Phi) is 4.91. The van der Waals surface area contributed by atoms with E-state index < -0.39 is 0 Å². The van der Waals surface area contributed by atoms with E-state index in [1.807, 2.05) is 5.38 Å². The topological polar surface area (TPSA) is 19.4 Å². The molecule has 0 radical (unpaired) electrons. The summed E-state index contributed by atoms with van der Waals surface area (Å²) in [4.78, 5) is 9.47. The standard InChI is InChI=1S/C16H20ClN3S/c1-19-5-7-20(8-6-19)11-13-3-2-4-14(9-13)16-18-15(10-17)12-21-16/h2-4,9,12H,5-8,10-11H2,1H3. The fourth-order valence-electron chi connectivity index (χ4n) is 2.57. The van der Waals surface area contributed by atoms with Gasteiger partial charge >= 0.3 is 0 Å². The van der Waals surface area contributed by atoms with Gasteiger partial charge in [-0.1, -0.05) is 18.2 Å². The van der Waals surface area contributed by atoms with Crippen molar-refractivity contribution in [2.75, 3.05) is 33.2 Å². The van der Waals surface area contributed by atoms with Crippen LogP contribution in [-0.2, 0) is 12.4 Å². The molecule has 1 aliphatic heterocycles. The predicted octanol–water partition coefficient (Wildman–Crippen LogP) is 3.30. The third-order valence-corrected chi connectivity index (χ3v) is 5.08. The summed E-state index contributed by atoms with van der Waals surface area (Å²) in [6, 6.07) is 8.72. The van der Waals surface area contributed by atoms with Crippen LogP contribution in [0.25, 0.3) is 10.6 Å². The lowest BCUT2D eigenvalue weighted by Gasteiger charge is -2.32. The molecule has 0 spiro atoms. The summed E-state index contributed by atoms with van der Waals surface area (Å²) < 4.78 is 0. The van der Waals surface area contributed by atoms with Gasteiger partial charge in [0.1, 0.15) is 5.01 Å². The van der Waals surface area contributed by atoms with Gasteiger partial charge in [0, 0.05) is 43.7 Å². The van der Waals surface area contributed by atoms with Crippen molar-refractivity contribution in [3.63, 3.8) is 0 Å². The van der Waals surface area contributed by atoms with Crippen LogP contribution in [0.1, 0.15) is 11.3 Å². The first-order valence-electron chi connectivity index (χ1n) is 7.25. The van der Waals surface area contributed by atoms with Crippen molar-refractivity contribution in [2.45, 2.75) is 12.4 Å². The lowest BCUT2D eigenvalue weighted by molar-refractivity contribution is 0.148. The molecule has 1 fully saturated rings. The quantitative estimate of drug-likeness (QED) is 0.806. The van der Waals surface area contributed by atoms with Crippen molar-refractivity contribution < 1.29 is 0 Å². The second-order valence-electron chi connectivity index (χ2n) is 5.56. The van der Waals surface area contributed by atoms with E-state index in [1.165, 1.54) is 11.1 Å². The highest BCUT2D eigenvalue weighted by Gasteiger charge is 2.14. The number of thiazole rings is 1. The predicted molar refractivity (Wildman–Crippen MR) is 89.9 cm³/mol. The highest BCUT2D eigenvalue weighted by Crippen LogP contribution is 2.25. The molecule has 0 atom stereocenters. The Labute approximate surface area is 135 Å². The Morgan fingerprint density at radius 2 is 2.05 bits per heavy atom. The number of hydrogen-bond acceptors (Lipinski definition) is 4. The summed E-state index contributed by atoms with van der Waals surface area (Å²) in [5.41, 5.74) is 3.52. The second kappa shape index (κ2) is 6.88. The number of halogens is 1. The average Bonchev–Trinajstić information content (AvgIpc) is 2.99. The van der Waals surface area contributed by atoms with Crippen LogP contribution < -0.4 is 0 Å². The van der Waals surface area contributed by atoms with Crippen LogP contribution in [0.5, 0.6) is 0 Å². The summed E-state index contributed by atoms with van der Waals surface area (Å²) in [6.45, 7) is 5.63. The minimum Gasteiger partial charge on any atom is -0.304 e. The normalized spacial score (nSPS) is 17.2. The Hall–Kier alpha value is -0.940. The van der Waals surface area contributed by atoms with Gasteiger partial charge in [0.25, 0.3) is 0 Å². The van der Waals surface area contributed by atoms with E-state index in [-0.39, 0.29) is 0 Å². The fraction of sp³-hybridized carbons (Fsp3) is 0.438. The van der Waals surface area contributed by atoms with Gasteiger partial charge in [-0.25, -0.2) is 4.98 Å². The number of hydrogen-bond donors (Lipinski definition) is 0. The molecule has 112 valence electrons. The van der Waals surface area contributed by atoms with E-state index in [4.69, 9.17) is 11.6 Å². The lowest BCUT2D eigenvalue weighted by atomic mass is 10.1. The van der Waals surface area contributed by atoms with Gasteiger partial charge in [0.15, 0.2) is 0 Å². The molecule has 2 heterocycles. The first-order chi connectivity index (χ1) is 10.2.